The third kappa shape index (κ3) is 3.02. The van der Waals surface area contributed by atoms with Gasteiger partial charge in [0.1, 0.15) is 11.5 Å². The van der Waals surface area contributed by atoms with Gasteiger partial charge in [0.15, 0.2) is 0 Å². The van der Waals surface area contributed by atoms with Gasteiger partial charge in [0.2, 0.25) is 0 Å². The first kappa shape index (κ1) is 14.6. The maximum absolute atomic E-state index is 13.6. The minimum Gasteiger partial charge on any atom is -0.477 e. The van der Waals surface area contributed by atoms with Gasteiger partial charge < -0.3 is 15.4 Å². The summed E-state index contributed by atoms with van der Waals surface area (Å²) in [5, 5.41) is 11.5. The quantitative estimate of drug-likeness (QED) is 0.812. The summed E-state index contributed by atoms with van der Waals surface area (Å²) in [6.07, 6.45) is 0. The molecule has 0 aliphatic carbocycles. The molecule has 0 saturated heterocycles. The van der Waals surface area contributed by atoms with Crippen LogP contribution in [0.25, 0.3) is 0 Å². The molecule has 6 nitrogen and oxygen atoms in total. The molecule has 2 aromatic rings. The average molecular weight is 291 g/mol. The minimum atomic E-state index is -1.19. The maximum atomic E-state index is 13.6. The Balaban J connectivity index is 2.22. The Bertz CT molecular complexity index is 697. The number of urea groups is 1. The Labute approximate surface area is 120 Å². The fraction of sp³-hybridized carbons (Fsp3) is 0.143. The number of nitrogens with zero attached hydrogens (tertiary/aromatic N) is 1. The van der Waals surface area contributed by atoms with E-state index in [1.54, 1.807) is 13.0 Å². The van der Waals surface area contributed by atoms with Crippen molar-refractivity contribution in [2.24, 2.45) is 0 Å². The van der Waals surface area contributed by atoms with Crippen molar-refractivity contribution >= 4 is 23.4 Å². The van der Waals surface area contributed by atoms with Crippen molar-refractivity contribution in [3.63, 3.8) is 0 Å². The van der Waals surface area contributed by atoms with Crippen molar-refractivity contribution in [3.8, 4) is 0 Å². The number of carbonyl (C=O) groups is 2. The molecule has 0 aliphatic rings. The van der Waals surface area contributed by atoms with Crippen LogP contribution in [0, 0.1) is 12.7 Å². The molecule has 1 aromatic heterocycles. The Morgan fingerprint density at radius 1 is 1.33 bits per heavy atom. The number of aryl methyl sites for hydroxylation is 1. The lowest BCUT2D eigenvalue weighted by atomic mass is 10.3. The van der Waals surface area contributed by atoms with Gasteiger partial charge in [-0.15, -0.1) is 0 Å². The van der Waals surface area contributed by atoms with Crippen LogP contribution in [0.5, 0.6) is 0 Å². The van der Waals surface area contributed by atoms with E-state index in [0.717, 1.165) is 4.90 Å². The van der Waals surface area contributed by atoms with E-state index < -0.39 is 17.8 Å². The highest BCUT2D eigenvalue weighted by molar-refractivity contribution is 6.05. The molecule has 110 valence electrons. The van der Waals surface area contributed by atoms with E-state index in [9.17, 15) is 14.0 Å². The molecule has 0 radical (unpaired) electrons. The smallest absolute Gasteiger partial charge is 0.354 e. The first-order valence-electron chi connectivity index (χ1n) is 6.12. The van der Waals surface area contributed by atoms with E-state index >= 15 is 0 Å². The lowest BCUT2D eigenvalue weighted by Crippen LogP contribution is -2.32. The molecule has 1 aromatic carbocycles. The van der Waals surface area contributed by atoms with Crippen LogP contribution in [0.2, 0.25) is 0 Å². The SMILES string of the molecule is Cc1cc(NC(=O)N(C)c2ccccc2F)c(C(=O)O)[nH]1. The number of H-pyrrole nitrogens is 1. The molecule has 0 bridgehead atoms. The van der Waals surface area contributed by atoms with Gasteiger partial charge in [0, 0.05) is 12.7 Å². The van der Waals surface area contributed by atoms with Gasteiger partial charge in [0.25, 0.3) is 0 Å². The van der Waals surface area contributed by atoms with E-state index in [1.165, 1.54) is 31.3 Å². The largest absolute Gasteiger partial charge is 0.477 e. The molecule has 0 aliphatic heterocycles. The third-order valence-electron chi connectivity index (χ3n) is 2.93. The second-order valence-electron chi connectivity index (χ2n) is 4.49. The molecule has 21 heavy (non-hydrogen) atoms. The van der Waals surface area contributed by atoms with Gasteiger partial charge in [-0.2, -0.15) is 0 Å². The van der Waals surface area contributed by atoms with Crippen molar-refractivity contribution < 1.29 is 19.1 Å². The molecular formula is C14H14FN3O3. The van der Waals surface area contributed by atoms with Crippen LogP contribution in [0.4, 0.5) is 20.6 Å². The number of amides is 2. The monoisotopic (exact) mass is 291 g/mol. The first-order chi connectivity index (χ1) is 9.90. The minimum absolute atomic E-state index is 0.0964. The summed E-state index contributed by atoms with van der Waals surface area (Å²) in [6, 6.07) is 6.67. The van der Waals surface area contributed by atoms with Crippen LogP contribution < -0.4 is 10.2 Å². The molecule has 3 N–H and O–H groups in total. The predicted octanol–water partition coefficient (Wildman–Crippen LogP) is 2.83. The zero-order valence-corrected chi connectivity index (χ0v) is 11.5. The second-order valence-corrected chi connectivity index (χ2v) is 4.49. The van der Waals surface area contributed by atoms with Crippen LogP contribution in [0.1, 0.15) is 16.2 Å². The van der Waals surface area contributed by atoms with Gasteiger partial charge in [-0.25, -0.2) is 14.0 Å². The Morgan fingerprint density at radius 3 is 2.62 bits per heavy atom. The van der Waals surface area contributed by atoms with Crippen molar-refractivity contribution in [2.75, 3.05) is 17.3 Å². The summed E-state index contributed by atoms with van der Waals surface area (Å²) in [5.41, 5.74) is 0.700. The fourth-order valence-electron chi connectivity index (χ4n) is 1.89. The van der Waals surface area contributed by atoms with Crippen molar-refractivity contribution in [2.45, 2.75) is 6.92 Å². The summed E-state index contributed by atoms with van der Waals surface area (Å²) in [5.74, 6) is -1.73. The van der Waals surface area contributed by atoms with Gasteiger partial charge in [-0.1, -0.05) is 12.1 Å². The molecule has 7 heteroatoms. The summed E-state index contributed by atoms with van der Waals surface area (Å²) in [6.45, 7) is 1.67. The van der Waals surface area contributed by atoms with Crippen LogP contribution >= 0.6 is 0 Å². The Morgan fingerprint density at radius 2 is 2.00 bits per heavy atom. The maximum Gasteiger partial charge on any atom is 0.354 e. The number of aromatic amines is 1. The number of carboxylic acids is 1. The zero-order chi connectivity index (χ0) is 15.6. The van der Waals surface area contributed by atoms with Gasteiger partial charge in [-0.3, -0.25) is 4.90 Å². The number of aromatic carboxylic acids is 1. The third-order valence-corrected chi connectivity index (χ3v) is 2.93. The van der Waals surface area contributed by atoms with Gasteiger partial charge in [0.05, 0.1) is 11.4 Å². The molecule has 0 saturated carbocycles. The van der Waals surface area contributed by atoms with E-state index in [2.05, 4.69) is 10.3 Å². The molecule has 0 atom stereocenters. The Kier molecular flexibility index (Phi) is 3.93. The standard InChI is InChI=1S/C14H14FN3O3/c1-8-7-10(12(16-8)13(19)20)17-14(21)18(2)11-6-4-3-5-9(11)15/h3-7,16H,1-2H3,(H,17,21)(H,19,20). The van der Waals surface area contributed by atoms with Crippen LogP contribution in [-0.4, -0.2) is 29.1 Å². The molecule has 0 fully saturated rings. The molecule has 0 spiro atoms. The topological polar surface area (TPSA) is 85.4 Å². The lowest BCUT2D eigenvalue weighted by Gasteiger charge is -2.18. The number of hydrogen-bond acceptors (Lipinski definition) is 2. The van der Waals surface area contributed by atoms with Crippen molar-refractivity contribution in [1.82, 2.24) is 4.98 Å². The molecule has 0 unspecified atom stereocenters. The summed E-state index contributed by atoms with van der Waals surface area (Å²) >= 11 is 0. The number of aromatic nitrogens is 1. The van der Waals surface area contributed by atoms with E-state index in [1.807, 2.05) is 0 Å². The highest BCUT2D eigenvalue weighted by Crippen LogP contribution is 2.21. The van der Waals surface area contributed by atoms with E-state index in [4.69, 9.17) is 5.11 Å². The molecule has 2 amide bonds. The Hall–Kier alpha value is -2.83. The number of nitrogens with one attached hydrogen (secondary N) is 2. The van der Waals surface area contributed by atoms with Crippen molar-refractivity contribution in [1.29, 1.82) is 0 Å². The molecule has 2 rings (SSSR count). The number of carboxylic acid groups (broad SMARTS) is 1. The number of halogens is 1. The number of carbonyl (C=O) groups excluding carboxylic acids is 1. The lowest BCUT2D eigenvalue weighted by molar-refractivity contribution is 0.0692. The number of anilines is 2. The van der Waals surface area contributed by atoms with Gasteiger partial charge in [-0.05, 0) is 25.1 Å². The normalized spacial score (nSPS) is 10.2. The second kappa shape index (κ2) is 5.66. The number of para-hydroxylation sites is 1. The summed E-state index contributed by atoms with van der Waals surface area (Å²) < 4.78 is 13.6. The molecule has 1 heterocycles. The highest BCUT2D eigenvalue weighted by atomic mass is 19.1. The number of hydrogen-bond donors (Lipinski definition) is 3. The summed E-state index contributed by atoms with van der Waals surface area (Å²) in [4.78, 5) is 26.9. The predicted molar refractivity (Wildman–Crippen MR) is 76.3 cm³/mol. The zero-order valence-electron chi connectivity index (χ0n) is 11.5. The summed E-state index contributed by atoms with van der Waals surface area (Å²) in [7, 11) is 1.40. The average Bonchev–Trinajstić information content (AvgIpc) is 2.79. The van der Waals surface area contributed by atoms with Gasteiger partial charge >= 0.3 is 12.0 Å². The van der Waals surface area contributed by atoms with E-state index in [-0.39, 0.29) is 17.1 Å². The van der Waals surface area contributed by atoms with Crippen LogP contribution in [0.15, 0.2) is 30.3 Å². The molecular weight excluding hydrogens is 277 g/mol. The van der Waals surface area contributed by atoms with Crippen LogP contribution in [-0.2, 0) is 0 Å². The highest BCUT2D eigenvalue weighted by Gasteiger charge is 2.19. The first-order valence-corrected chi connectivity index (χ1v) is 6.12. The van der Waals surface area contributed by atoms with Crippen LogP contribution in [0.3, 0.4) is 0 Å². The number of benzene rings is 1. The number of rotatable bonds is 3. The fourth-order valence-corrected chi connectivity index (χ4v) is 1.89. The van der Waals surface area contributed by atoms with Crippen molar-refractivity contribution in [3.05, 3.63) is 47.5 Å². The van der Waals surface area contributed by atoms with E-state index in [0.29, 0.717) is 5.69 Å².